The number of nitrogens with one attached hydrogen (secondary N) is 1. The highest BCUT2D eigenvalue weighted by Gasteiger charge is 2.35. The van der Waals surface area contributed by atoms with Crippen LogP contribution in [0.15, 0.2) is 34.9 Å². The van der Waals surface area contributed by atoms with Gasteiger partial charge in [0.15, 0.2) is 0 Å². The summed E-state index contributed by atoms with van der Waals surface area (Å²) in [5, 5.41) is 2.94. The van der Waals surface area contributed by atoms with Crippen molar-refractivity contribution in [2.24, 2.45) is 5.73 Å². The first-order valence-corrected chi connectivity index (χ1v) is 7.70. The molecule has 3 rings (SSSR count). The number of benzene rings is 1. The van der Waals surface area contributed by atoms with Crippen molar-refractivity contribution < 1.29 is 9.21 Å². The van der Waals surface area contributed by atoms with Gasteiger partial charge in [0.2, 0.25) is 11.8 Å². The summed E-state index contributed by atoms with van der Waals surface area (Å²) in [6.45, 7) is 1.87. The molecule has 0 aliphatic heterocycles. The summed E-state index contributed by atoms with van der Waals surface area (Å²) < 4.78 is 5.40. The van der Waals surface area contributed by atoms with Gasteiger partial charge in [0.05, 0.1) is 11.2 Å². The first-order valence-electron chi connectivity index (χ1n) is 7.70. The molecular formula is C17H21N3O2. The second-order valence-electron chi connectivity index (χ2n) is 6.05. The number of hydrogen-bond acceptors (Lipinski definition) is 4. The van der Waals surface area contributed by atoms with Gasteiger partial charge in [-0.05, 0) is 38.0 Å². The van der Waals surface area contributed by atoms with Gasteiger partial charge in [-0.1, -0.05) is 25.3 Å². The zero-order valence-corrected chi connectivity index (χ0v) is 12.8. The topological polar surface area (TPSA) is 81.2 Å². The van der Waals surface area contributed by atoms with Gasteiger partial charge in [-0.2, -0.15) is 0 Å². The summed E-state index contributed by atoms with van der Waals surface area (Å²) in [5.41, 5.74) is 7.89. The van der Waals surface area contributed by atoms with Crippen molar-refractivity contribution in [1.82, 2.24) is 4.98 Å². The zero-order valence-electron chi connectivity index (χ0n) is 12.8. The quantitative estimate of drug-likeness (QED) is 0.911. The van der Waals surface area contributed by atoms with Gasteiger partial charge >= 0.3 is 0 Å². The number of amides is 1. The van der Waals surface area contributed by atoms with E-state index >= 15 is 0 Å². The average Bonchev–Trinajstić information content (AvgIpc) is 2.95. The molecule has 0 bridgehead atoms. The Balaban J connectivity index is 1.76. The van der Waals surface area contributed by atoms with Crippen molar-refractivity contribution in [3.05, 3.63) is 36.2 Å². The molecule has 1 aromatic heterocycles. The molecule has 0 saturated heterocycles. The number of nitrogens with two attached hydrogens (primary N) is 1. The molecule has 2 aromatic rings. The van der Waals surface area contributed by atoms with E-state index in [0.29, 0.717) is 11.6 Å². The molecule has 1 heterocycles. The van der Waals surface area contributed by atoms with Gasteiger partial charge in [-0.3, -0.25) is 4.79 Å². The summed E-state index contributed by atoms with van der Waals surface area (Å²) in [6.07, 6.45) is 6.29. The molecule has 1 aliphatic rings. The Morgan fingerprint density at radius 3 is 2.77 bits per heavy atom. The fourth-order valence-corrected chi connectivity index (χ4v) is 2.88. The Labute approximate surface area is 129 Å². The predicted molar refractivity (Wildman–Crippen MR) is 85.3 cm³/mol. The van der Waals surface area contributed by atoms with Crippen LogP contribution in [-0.4, -0.2) is 16.4 Å². The van der Waals surface area contributed by atoms with Crippen LogP contribution in [0.2, 0.25) is 0 Å². The normalized spacial score (nSPS) is 17.2. The molecule has 1 aromatic carbocycles. The minimum absolute atomic E-state index is 0.104. The Hall–Kier alpha value is -2.14. The largest absolute Gasteiger partial charge is 0.444 e. The molecule has 116 valence electrons. The molecule has 1 aliphatic carbocycles. The maximum absolute atomic E-state index is 12.5. The minimum atomic E-state index is -0.742. The first-order chi connectivity index (χ1) is 10.6. The van der Waals surface area contributed by atoms with Gasteiger partial charge < -0.3 is 15.5 Å². The van der Waals surface area contributed by atoms with Crippen LogP contribution in [-0.2, 0) is 4.79 Å². The van der Waals surface area contributed by atoms with Crippen LogP contribution in [0.1, 0.15) is 37.8 Å². The van der Waals surface area contributed by atoms with Gasteiger partial charge in [-0.25, -0.2) is 4.98 Å². The van der Waals surface area contributed by atoms with E-state index in [0.717, 1.165) is 43.4 Å². The lowest BCUT2D eigenvalue weighted by Gasteiger charge is -2.31. The zero-order chi connectivity index (χ0) is 15.6. The Bertz CT molecular complexity index is 672. The first kappa shape index (κ1) is 14.8. The summed E-state index contributed by atoms with van der Waals surface area (Å²) >= 11 is 0. The Morgan fingerprint density at radius 2 is 2.09 bits per heavy atom. The molecule has 1 saturated carbocycles. The Morgan fingerprint density at radius 1 is 1.32 bits per heavy atom. The van der Waals surface area contributed by atoms with Crippen LogP contribution in [0.4, 0.5) is 5.69 Å². The third kappa shape index (κ3) is 3.04. The molecule has 3 N–H and O–H groups in total. The highest BCUT2D eigenvalue weighted by molar-refractivity contribution is 5.98. The van der Waals surface area contributed by atoms with E-state index < -0.39 is 5.54 Å². The number of aromatic nitrogens is 1. The second-order valence-corrected chi connectivity index (χ2v) is 6.05. The smallest absolute Gasteiger partial charge is 0.244 e. The SMILES string of the molecule is Cc1coc(-c2cccc(NC(=O)C3(N)CCCCC3)c2)n1. The van der Waals surface area contributed by atoms with Crippen LogP contribution in [0, 0.1) is 6.92 Å². The maximum atomic E-state index is 12.5. The lowest BCUT2D eigenvalue weighted by atomic mass is 9.82. The molecule has 0 atom stereocenters. The van der Waals surface area contributed by atoms with Crippen LogP contribution in [0.3, 0.4) is 0 Å². The van der Waals surface area contributed by atoms with Gasteiger partial charge in [0.25, 0.3) is 0 Å². The van der Waals surface area contributed by atoms with E-state index in [1.54, 1.807) is 6.26 Å². The summed E-state index contributed by atoms with van der Waals surface area (Å²) in [6, 6.07) is 7.48. The van der Waals surface area contributed by atoms with Gasteiger partial charge in [0.1, 0.15) is 6.26 Å². The predicted octanol–water partition coefficient (Wildman–Crippen LogP) is 3.25. The van der Waals surface area contributed by atoms with E-state index in [4.69, 9.17) is 10.2 Å². The number of rotatable bonds is 3. The molecule has 0 unspecified atom stereocenters. The number of carbonyl (C=O) groups is 1. The molecular weight excluding hydrogens is 278 g/mol. The van der Waals surface area contributed by atoms with Crippen molar-refractivity contribution >= 4 is 11.6 Å². The molecule has 5 heteroatoms. The third-order valence-electron chi connectivity index (χ3n) is 4.18. The van der Waals surface area contributed by atoms with E-state index in [1.165, 1.54) is 0 Å². The molecule has 5 nitrogen and oxygen atoms in total. The number of oxazole rings is 1. The van der Waals surface area contributed by atoms with Crippen LogP contribution < -0.4 is 11.1 Å². The molecule has 1 amide bonds. The molecule has 0 radical (unpaired) electrons. The van der Waals surface area contributed by atoms with Crippen molar-refractivity contribution in [1.29, 1.82) is 0 Å². The molecule has 0 spiro atoms. The number of anilines is 1. The summed E-state index contributed by atoms with van der Waals surface area (Å²) in [7, 11) is 0. The van der Waals surface area contributed by atoms with Crippen molar-refractivity contribution in [2.45, 2.75) is 44.6 Å². The van der Waals surface area contributed by atoms with Gasteiger partial charge in [-0.15, -0.1) is 0 Å². The minimum Gasteiger partial charge on any atom is -0.444 e. The maximum Gasteiger partial charge on any atom is 0.244 e. The van der Waals surface area contributed by atoms with Gasteiger partial charge in [0, 0.05) is 11.3 Å². The van der Waals surface area contributed by atoms with Crippen molar-refractivity contribution in [2.75, 3.05) is 5.32 Å². The third-order valence-corrected chi connectivity index (χ3v) is 4.18. The second kappa shape index (κ2) is 5.93. The highest BCUT2D eigenvalue weighted by atomic mass is 16.3. The van der Waals surface area contributed by atoms with Crippen molar-refractivity contribution in [3.8, 4) is 11.5 Å². The Kier molecular flexibility index (Phi) is 3.98. The van der Waals surface area contributed by atoms with Crippen LogP contribution in [0.25, 0.3) is 11.5 Å². The van der Waals surface area contributed by atoms with Crippen molar-refractivity contribution in [3.63, 3.8) is 0 Å². The van der Waals surface area contributed by atoms with E-state index in [2.05, 4.69) is 10.3 Å². The number of hydrogen-bond donors (Lipinski definition) is 2. The highest BCUT2D eigenvalue weighted by Crippen LogP contribution is 2.28. The number of nitrogens with zero attached hydrogens (tertiary/aromatic N) is 1. The summed E-state index contributed by atoms with van der Waals surface area (Å²) in [4.78, 5) is 16.8. The standard InChI is InChI=1S/C17H21N3O2/c1-12-11-22-15(19-12)13-6-5-7-14(10-13)20-16(21)17(18)8-3-2-4-9-17/h5-7,10-11H,2-4,8-9,18H2,1H3,(H,20,21). The molecule has 1 fully saturated rings. The van der Waals surface area contributed by atoms with E-state index in [1.807, 2.05) is 31.2 Å². The fourth-order valence-electron chi connectivity index (χ4n) is 2.88. The average molecular weight is 299 g/mol. The van der Waals surface area contributed by atoms with Crippen LogP contribution in [0.5, 0.6) is 0 Å². The fraction of sp³-hybridized carbons (Fsp3) is 0.412. The summed E-state index contributed by atoms with van der Waals surface area (Å²) in [5.74, 6) is 0.446. The number of carbonyl (C=O) groups excluding carboxylic acids is 1. The lowest BCUT2D eigenvalue weighted by Crippen LogP contribution is -2.52. The lowest BCUT2D eigenvalue weighted by molar-refractivity contribution is -0.122. The monoisotopic (exact) mass is 299 g/mol. The van der Waals surface area contributed by atoms with E-state index in [-0.39, 0.29) is 5.91 Å². The number of aryl methyl sites for hydroxylation is 1. The van der Waals surface area contributed by atoms with E-state index in [9.17, 15) is 4.79 Å². The molecule has 22 heavy (non-hydrogen) atoms. The van der Waals surface area contributed by atoms with Crippen LogP contribution >= 0.6 is 0 Å².